The maximum atomic E-state index is 9.71. The SMILES string of the molecule is CCC1CCCC(O)(C#N)CC1. The van der Waals surface area contributed by atoms with Crippen LogP contribution in [0.5, 0.6) is 0 Å². The van der Waals surface area contributed by atoms with Crippen molar-refractivity contribution >= 4 is 0 Å². The molecule has 0 spiro atoms. The van der Waals surface area contributed by atoms with E-state index < -0.39 is 5.60 Å². The second-order valence-corrected chi connectivity index (χ2v) is 3.85. The Morgan fingerprint density at radius 3 is 2.83 bits per heavy atom. The Bertz CT molecular complexity index is 185. The maximum absolute atomic E-state index is 9.71. The Labute approximate surface area is 74.2 Å². The van der Waals surface area contributed by atoms with Crippen molar-refractivity contribution in [2.75, 3.05) is 0 Å². The monoisotopic (exact) mass is 167 g/mol. The lowest BCUT2D eigenvalue weighted by Crippen LogP contribution is -2.24. The fourth-order valence-electron chi connectivity index (χ4n) is 1.92. The van der Waals surface area contributed by atoms with E-state index >= 15 is 0 Å². The van der Waals surface area contributed by atoms with Crippen LogP contribution in [0.4, 0.5) is 0 Å². The Morgan fingerprint density at radius 2 is 2.25 bits per heavy atom. The first kappa shape index (κ1) is 9.54. The van der Waals surface area contributed by atoms with Crippen LogP contribution in [0, 0.1) is 17.2 Å². The smallest absolute Gasteiger partial charge is 0.151 e. The summed E-state index contributed by atoms with van der Waals surface area (Å²) in [5.74, 6) is 0.729. The molecule has 0 saturated heterocycles. The van der Waals surface area contributed by atoms with E-state index in [1.807, 2.05) is 6.07 Å². The van der Waals surface area contributed by atoms with Crippen LogP contribution >= 0.6 is 0 Å². The minimum absolute atomic E-state index is 0.667. The van der Waals surface area contributed by atoms with Gasteiger partial charge in [0.25, 0.3) is 0 Å². The summed E-state index contributed by atoms with van der Waals surface area (Å²) < 4.78 is 0. The molecule has 0 heterocycles. The van der Waals surface area contributed by atoms with Gasteiger partial charge in [-0.05, 0) is 31.6 Å². The zero-order valence-corrected chi connectivity index (χ0v) is 7.71. The highest BCUT2D eigenvalue weighted by molar-refractivity contribution is 5.01. The fraction of sp³-hybridized carbons (Fsp3) is 0.900. The maximum Gasteiger partial charge on any atom is 0.151 e. The van der Waals surface area contributed by atoms with E-state index in [9.17, 15) is 5.11 Å². The van der Waals surface area contributed by atoms with Crippen LogP contribution in [-0.2, 0) is 0 Å². The second-order valence-electron chi connectivity index (χ2n) is 3.85. The van der Waals surface area contributed by atoms with E-state index in [4.69, 9.17) is 5.26 Å². The van der Waals surface area contributed by atoms with Crippen molar-refractivity contribution in [1.82, 2.24) is 0 Å². The molecule has 0 aromatic carbocycles. The Hall–Kier alpha value is -0.550. The number of rotatable bonds is 1. The number of hydrogen-bond donors (Lipinski definition) is 1. The first-order valence-electron chi connectivity index (χ1n) is 4.84. The van der Waals surface area contributed by atoms with Crippen molar-refractivity contribution in [1.29, 1.82) is 5.26 Å². The standard InChI is InChI=1S/C10H17NO/c1-2-9-4-3-6-10(12,8-11)7-5-9/h9,12H,2-7H2,1H3. The van der Waals surface area contributed by atoms with Crippen LogP contribution in [-0.4, -0.2) is 10.7 Å². The highest BCUT2D eigenvalue weighted by Gasteiger charge is 2.29. The number of hydrogen-bond acceptors (Lipinski definition) is 2. The summed E-state index contributed by atoms with van der Waals surface area (Å²) in [5.41, 5.74) is -1.01. The van der Waals surface area contributed by atoms with Gasteiger partial charge < -0.3 is 5.11 Å². The van der Waals surface area contributed by atoms with Gasteiger partial charge in [0.05, 0.1) is 6.07 Å². The van der Waals surface area contributed by atoms with Gasteiger partial charge in [-0.2, -0.15) is 5.26 Å². The molecular formula is C10H17NO. The molecule has 0 aromatic rings. The summed E-state index contributed by atoms with van der Waals surface area (Å²) in [5, 5.41) is 18.4. The third-order valence-corrected chi connectivity index (χ3v) is 2.95. The number of nitrogens with zero attached hydrogens (tertiary/aromatic N) is 1. The first-order chi connectivity index (χ1) is 5.70. The lowest BCUT2D eigenvalue weighted by molar-refractivity contribution is 0.0813. The number of nitriles is 1. The molecule has 0 bridgehead atoms. The fourth-order valence-corrected chi connectivity index (χ4v) is 1.92. The first-order valence-corrected chi connectivity index (χ1v) is 4.84. The van der Waals surface area contributed by atoms with Crippen LogP contribution in [0.3, 0.4) is 0 Å². The molecule has 0 aliphatic heterocycles. The van der Waals surface area contributed by atoms with Crippen molar-refractivity contribution < 1.29 is 5.11 Å². The molecule has 0 radical (unpaired) electrons. The van der Waals surface area contributed by atoms with Crippen molar-refractivity contribution in [2.24, 2.45) is 5.92 Å². The summed E-state index contributed by atoms with van der Waals surface area (Å²) in [7, 11) is 0. The van der Waals surface area contributed by atoms with Gasteiger partial charge >= 0.3 is 0 Å². The molecule has 2 atom stereocenters. The van der Waals surface area contributed by atoms with Gasteiger partial charge in [0, 0.05) is 0 Å². The lowest BCUT2D eigenvalue weighted by atomic mass is 9.94. The highest BCUT2D eigenvalue weighted by Crippen LogP contribution is 2.31. The van der Waals surface area contributed by atoms with Gasteiger partial charge in [-0.15, -0.1) is 0 Å². The molecule has 1 saturated carbocycles. The quantitative estimate of drug-likeness (QED) is 0.480. The third kappa shape index (κ3) is 2.22. The summed E-state index contributed by atoms with van der Waals surface area (Å²) in [6, 6.07) is 2.02. The predicted octanol–water partition coefficient (Wildman–Crippen LogP) is 2.23. The summed E-state index contributed by atoms with van der Waals surface area (Å²) in [6.45, 7) is 2.18. The number of aliphatic hydroxyl groups is 1. The molecule has 2 heteroatoms. The van der Waals surface area contributed by atoms with E-state index in [-0.39, 0.29) is 0 Å². The van der Waals surface area contributed by atoms with Crippen LogP contribution in [0.25, 0.3) is 0 Å². The van der Waals surface area contributed by atoms with Crippen molar-refractivity contribution in [2.45, 2.75) is 51.0 Å². The molecule has 1 aliphatic carbocycles. The molecule has 12 heavy (non-hydrogen) atoms. The molecule has 1 N–H and O–H groups in total. The van der Waals surface area contributed by atoms with E-state index in [2.05, 4.69) is 6.92 Å². The largest absolute Gasteiger partial charge is 0.375 e. The average Bonchev–Trinajstić information content (AvgIpc) is 2.28. The van der Waals surface area contributed by atoms with Gasteiger partial charge in [-0.1, -0.05) is 19.8 Å². The minimum Gasteiger partial charge on any atom is -0.375 e. The van der Waals surface area contributed by atoms with Crippen molar-refractivity contribution in [3.05, 3.63) is 0 Å². The van der Waals surface area contributed by atoms with E-state index in [0.29, 0.717) is 12.8 Å². The van der Waals surface area contributed by atoms with Crippen molar-refractivity contribution in [3.63, 3.8) is 0 Å². The summed E-state index contributed by atoms with van der Waals surface area (Å²) in [4.78, 5) is 0. The average molecular weight is 167 g/mol. The Balaban J connectivity index is 2.51. The minimum atomic E-state index is -1.01. The molecule has 0 aromatic heterocycles. The molecule has 2 nitrogen and oxygen atoms in total. The van der Waals surface area contributed by atoms with Crippen molar-refractivity contribution in [3.8, 4) is 6.07 Å². The van der Waals surface area contributed by atoms with Crippen LogP contribution in [0.15, 0.2) is 0 Å². The highest BCUT2D eigenvalue weighted by atomic mass is 16.3. The van der Waals surface area contributed by atoms with Crippen LogP contribution in [0.2, 0.25) is 0 Å². The summed E-state index contributed by atoms with van der Waals surface area (Å²) in [6.07, 6.45) is 5.72. The predicted molar refractivity (Wildman–Crippen MR) is 47.4 cm³/mol. The van der Waals surface area contributed by atoms with E-state index in [0.717, 1.165) is 18.8 Å². The topological polar surface area (TPSA) is 44.0 Å². The molecule has 2 unspecified atom stereocenters. The zero-order valence-electron chi connectivity index (χ0n) is 7.71. The van der Waals surface area contributed by atoms with Gasteiger partial charge in [0.15, 0.2) is 5.60 Å². The Kier molecular flexibility index (Phi) is 3.11. The molecule has 1 fully saturated rings. The second kappa shape index (κ2) is 3.91. The van der Waals surface area contributed by atoms with Crippen LogP contribution in [0.1, 0.15) is 45.4 Å². The molecule has 1 rings (SSSR count). The molecular weight excluding hydrogens is 150 g/mol. The van der Waals surface area contributed by atoms with Crippen LogP contribution < -0.4 is 0 Å². The summed E-state index contributed by atoms with van der Waals surface area (Å²) >= 11 is 0. The zero-order chi connectivity index (χ0) is 9.03. The third-order valence-electron chi connectivity index (χ3n) is 2.95. The van der Waals surface area contributed by atoms with Gasteiger partial charge in [0.2, 0.25) is 0 Å². The molecule has 0 amide bonds. The molecule has 68 valence electrons. The molecule has 1 aliphatic rings. The van der Waals surface area contributed by atoms with E-state index in [1.54, 1.807) is 0 Å². The Morgan fingerprint density at radius 1 is 1.50 bits per heavy atom. The normalized spacial score (nSPS) is 36.9. The van der Waals surface area contributed by atoms with Gasteiger partial charge in [-0.25, -0.2) is 0 Å². The van der Waals surface area contributed by atoms with E-state index in [1.165, 1.54) is 12.8 Å². The van der Waals surface area contributed by atoms with Gasteiger partial charge in [0.1, 0.15) is 0 Å². The van der Waals surface area contributed by atoms with Gasteiger partial charge in [-0.3, -0.25) is 0 Å². The lowest BCUT2D eigenvalue weighted by Gasteiger charge is -2.16.